The molecule has 0 aromatic heterocycles. The Balaban J connectivity index is 2.03. The quantitative estimate of drug-likeness (QED) is 0.656. The molecule has 150 valence electrons. The highest BCUT2D eigenvalue weighted by atomic mass is 19.4. The van der Waals surface area contributed by atoms with Crippen LogP contribution in [0.25, 0.3) is 6.08 Å². The maximum absolute atomic E-state index is 12.6. The zero-order chi connectivity index (χ0) is 20.8. The van der Waals surface area contributed by atoms with Crippen LogP contribution in [0, 0.1) is 5.92 Å². The molecule has 0 fully saturated rings. The van der Waals surface area contributed by atoms with Crippen molar-refractivity contribution in [1.29, 1.82) is 0 Å². The minimum absolute atomic E-state index is 0.108. The molecule has 2 rings (SSSR count). The Morgan fingerprint density at radius 3 is 2.21 bits per heavy atom. The third-order valence-electron chi connectivity index (χ3n) is 4.47. The van der Waals surface area contributed by atoms with E-state index in [0.717, 1.165) is 17.7 Å². The van der Waals surface area contributed by atoms with Gasteiger partial charge in [0.05, 0.1) is 17.6 Å². The van der Waals surface area contributed by atoms with E-state index in [2.05, 4.69) is 0 Å². The number of benzene rings is 2. The number of alkyl halides is 3. The van der Waals surface area contributed by atoms with Crippen LogP contribution in [0.4, 0.5) is 13.2 Å². The molecule has 0 bridgehead atoms. The molecule has 1 N–H and O–H groups in total. The zero-order valence-electron chi connectivity index (χ0n) is 15.7. The molecule has 0 aliphatic rings. The molecule has 2 aromatic rings. The lowest BCUT2D eigenvalue weighted by Gasteiger charge is -2.28. The van der Waals surface area contributed by atoms with Crippen molar-refractivity contribution >= 4 is 12.0 Å². The second-order valence-electron chi connectivity index (χ2n) is 6.92. The topological polar surface area (TPSA) is 46.5 Å². The predicted molar refractivity (Wildman–Crippen MR) is 101 cm³/mol. The summed E-state index contributed by atoms with van der Waals surface area (Å²) >= 11 is 0. The Bertz CT molecular complexity index is 796. The number of hydrogen-bond acceptors (Lipinski definition) is 3. The van der Waals surface area contributed by atoms with Crippen molar-refractivity contribution in [3.05, 3.63) is 77.4 Å². The summed E-state index contributed by atoms with van der Waals surface area (Å²) in [5.74, 6) is -0.861. The van der Waals surface area contributed by atoms with Crippen LogP contribution in [0.2, 0.25) is 0 Å². The van der Waals surface area contributed by atoms with Crippen molar-refractivity contribution in [3.8, 4) is 0 Å². The lowest BCUT2D eigenvalue weighted by molar-refractivity contribution is -0.150. The van der Waals surface area contributed by atoms with Crippen LogP contribution in [0.1, 0.15) is 37.0 Å². The van der Waals surface area contributed by atoms with Gasteiger partial charge in [0, 0.05) is 0 Å². The minimum Gasteiger partial charge on any atom is -0.461 e. The van der Waals surface area contributed by atoms with Crippen molar-refractivity contribution in [2.45, 2.75) is 38.7 Å². The molecule has 0 aliphatic carbocycles. The third-order valence-corrected chi connectivity index (χ3v) is 4.47. The Morgan fingerprint density at radius 1 is 1.07 bits per heavy atom. The van der Waals surface area contributed by atoms with Gasteiger partial charge in [-0.1, -0.05) is 68.5 Å². The number of aliphatic hydroxyl groups is 1. The fraction of sp³-hybridized carbons (Fsp3) is 0.318. The van der Waals surface area contributed by atoms with Gasteiger partial charge in [0.2, 0.25) is 0 Å². The highest BCUT2D eigenvalue weighted by Gasteiger charge is 2.32. The molecule has 28 heavy (non-hydrogen) atoms. The van der Waals surface area contributed by atoms with E-state index in [1.54, 1.807) is 13.8 Å². The first kappa shape index (κ1) is 21.7. The Morgan fingerprint density at radius 2 is 1.68 bits per heavy atom. The van der Waals surface area contributed by atoms with E-state index in [4.69, 9.17) is 4.74 Å². The van der Waals surface area contributed by atoms with Crippen LogP contribution in [-0.4, -0.2) is 16.7 Å². The summed E-state index contributed by atoms with van der Waals surface area (Å²) in [6.45, 7) is 3.61. The number of esters is 1. The summed E-state index contributed by atoms with van der Waals surface area (Å²) in [7, 11) is 0. The molecule has 3 nitrogen and oxygen atoms in total. The van der Waals surface area contributed by atoms with Crippen LogP contribution in [0.3, 0.4) is 0 Å². The summed E-state index contributed by atoms with van der Waals surface area (Å²) in [6.07, 6.45) is -1.72. The number of ether oxygens (including phenoxy) is 1. The molecular formula is C22H23F3O3. The molecule has 0 saturated heterocycles. The van der Waals surface area contributed by atoms with E-state index in [1.807, 2.05) is 30.3 Å². The third kappa shape index (κ3) is 6.23. The average molecular weight is 392 g/mol. The van der Waals surface area contributed by atoms with Crippen LogP contribution in [-0.2, 0) is 22.3 Å². The fourth-order valence-electron chi connectivity index (χ4n) is 2.50. The standard InChI is InChI=1S/C22H23F3O3/c1-16(2)21(27,14-20(26)28-15-18-6-4-3-5-7-18)13-12-17-8-10-19(11-9-17)22(23,24)25/h3-13,16,27H,14-15H2,1-2H3/b13-12+. The number of rotatable bonds is 7. The maximum atomic E-state index is 12.6. The highest BCUT2D eigenvalue weighted by Crippen LogP contribution is 2.30. The van der Waals surface area contributed by atoms with Crippen molar-refractivity contribution < 1.29 is 27.8 Å². The van der Waals surface area contributed by atoms with Crippen LogP contribution in [0.15, 0.2) is 60.7 Å². The van der Waals surface area contributed by atoms with E-state index in [9.17, 15) is 23.1 Å². The summed E-state index contributed by atoms with van der Waals surface area (Å²) in [6, 6.07) is 13.8. The molecule has 1 atom stereocenters. The minimum atomic E-state index is -4.40. The molecule has 0 spiro atoms. The largest absolute Gasteiger partial charge is 0.461 e. The summed E-state index contributed by atoms with van der Waals surface area (Å²) in [4.78, 5) is 12.2. The van der Waals surface area contributed by atoms with E-state index in [1.165, 1.54) is 24.3 Å². The van der Waals surface area contributed by atoms with Crippen LogP contribution >= 0.6 is 0 Å². The predicted octanol–water partition coefficient (Wildman–Crippen LogP) is 5.24. The van der Waals surface area contributed by atoms with E-state index >= 15 is 0 Å². The van der Waals surface area contributed by atoms with Gasteiger partial charge in [-0.3, -0.25) is 4.79 Å². The highest BCUT2D eigenvalue weighted by molar-refractivity contribution is 5.71. The summed E-state index contributed by atoms with van der Waals surface area (Å²) in [5.41, 5.74) is -0.890. The van der Waals surface area contributed by atoms with E-state index in [-0.39, 0.29) is 18.9 Å². The van der Waals surface area contributed by atoms with Gasteiger partial charge in [0.15, 0.2) is 0 Å². The van der Waals surface area contributed by atoms with Crippen molar-refractivity contribution in [3.63, 3.8) is 0 Å². The normalized spacial score (nSPS) is 14.2. The van der Waals surface area contributed by atoms with Gasteiger partial charge in [-0.25, -0.2) is 0 Å². The molecule has 6 heteroatoms. The molecule has 0 aliphatic heterocycles. The monoisotopic (exact) mass is 392 g/mol. The smallest absolute Gasteiger partial charge is 0.416 e. The van der Waals surface area contributed by atoms with E-state index in [0.29, 0.717) is 5.56 Å². The van der Waals surface area contributed by atoms with E-state index < -0.39 is 23.3 Å². The fourth-order valence-corrected chi connectivity index (χ4v) is 2.50. The second kappa shape index (κ2) is 9.06. The van der Waals surface area contributed by atoms with Crippen molar-refractivity contribution in [2.24, 2.45) is 5.92 Å². The summed E-state index contributed by atoms with van der Waals surface area (Å²) < 4.78 is 43.1. The Labute approximate surface area is 162 Å². The number of carbonyl (C=O) groups excluding carboxylic acids is 1. The lowest BCUT2D eigenvalue weighted by atomic mass is 9.86. The first-order valence-electron chi connectivity index (χ1n) is 8.88. The van der Waals surface area contributed by atoms with Gasteiger partial charge in [-0.2, -0.15) is 13.2 Å². The first-order chi connectivity index (χ1) is 13.1. The molecule has 2 aromatic carbocycles. The second-order valence-corrected chi connectivity index (χ2v) is 6.92. The first-order valence-corrected chi connectivity index (χ1v) is 8.88. The molecule has 0 radical (unpaired) electrons. The zero-order valence-corrected chi connectivity index (χ0v) is 15.7. The van der Waals surface area contributed by atoms with Crippen LogP contribution < -0.4 is 0 Å². The summed E-state index contributed by atoms with van der Waals surface area (Å²) in [5, 5.41) is 10.8. The van der Waals surface area contributed by atoms with Gasteiger partial charge >= 0.3 is 12.1 Å². The molecular weight excluding hydrogens is 369 g/mol. The maximum Gasteiger partial charge on any atom is 0.416 e. The molecule has 1 unspecified atom stereocenters. The number of hydrogen-bond donors (Lipinski definition) is 1. The average Bonchev–Trinajstić information content (AvgIpc) is 2.65. The SMILES string of the molecule is CC(C)C(O)(/C=C/c1ccc(C(F)(F)F)cc1)CC(=O)OCc1ccccc1. The van der Waals surface area contributed by atoms with Gasteiger partial charge < -0.3 is 9.84 Å². The van der Waals surface area contributed by atoms with Gasteiger partial charge in [-0.05, 0) is 29.2 Å². The lowest BCUT2D eigenvalue weighted by Crippen LogP contribution is -2.35. The van der Waals surface area contributed by atoms with Crippen molar-refractivity contribution in [2.75, 3.05) is 0 Å². The molecule has 0 saturated carbocycles. The Kier molecular flexibility index (Phi) is 7.02. The Hall–Kier alpha value is -2.60. The van der Waals surface area contributed by atoms with Crippen molar-refractivity contribution in [1.82, 2.24) is 0 Å². The van der Waals surface area contributed by atoms with Gasteiger partial charge in [-0.15, -0.1) is 0 Å². The van der Waals surface area contributed by atoms with Gasteiger partial charge in [0.25, 0.3) is 0 Å². The molecule has 0 amide bonds. The van der Waals surface area contributed by atoms with Gasteiger partial charge in [0.1, 0.15) is 6.61 Å². The van der Waals surface area contributed by atoms with Crippen LogP contribution in [0.5, 0.6) is 0 Å². The number of carbonyl (C=O) groups is 1. The number of halogens is 3. The molecule has 0 heterocycles.